The highest BCUT2D eigenvalue weighted by Gasteiger charge is 2.20. The van der Waals surface area contributed by atoms with E-state index in [-0.39, 0.29) is 5.41 Å². The molecule has 1 rings (SSSR count). The molecule has 1 amide bonds. The SMILES string of the molecule is CC(C)(C)CC(/C=C/C(=O)O)OC(=O)NCc1ccccc1. The van der Waals surface area contributed by atoms with Gasteiger partial charge in [-0.25, -0.2) is 9.59 Å². The molecular weight excluding hydrogens is 282 g/mol. The minimum Gasteiger partial charge on any atom is -0.478 e. The molecule has 0 heterocycles. The number of hydrogen-bond acceptors (Lipinski definition) is 3. The van der Waals surface area contributed by atoms with Crippen molar-refractivity contribution < 1.29 is 19.4 Å². The van der Waals surface area contributed by atoms with Crippen molar-refractivity contribution in [2.45, 2.75) is 39.8 Å². The van der Waals surface area contributed by atoms with E-state index in [0.29, 0.717) is 13.0 Å². The standard InChI is InChI=1S/C17H23NO4/c1-17(2,3)11-14(9-10-15(19)20)22-16(21)18-12-13-7-5-4-6-8-13/h4-10,14H,11-12H2,1-3H3,(H,18,21)(H,19,20)/b10-9+. The minimum absolute atomic E-state index is 0.0901. The summed E-state index contributed by atoms with van der Waals surface area (Å²) in [4.78, 5) is 22.5. The zero-order valence-corrected chi connectivity index (χ0v) is 13.2. The van der Waals surface area contributed by atoms with Crippen molar-refractivity contribution in [3.8, 4) is 0 Å². The highest BCUT2D eigenvalue weighted by Crippen LogP contribution is 2.23. The lowest BCUT2D eigenvalue weighted by atomic mass is 9.89. The number of carbonyl (C=O) groups excluding carboxylic acids is 1. The van der Waals surface area contributed by atoms with Crippen molar-refractivity contribution in [1.82, 2.24) is 5.32 Å². The summed E-state index contributed by atoms with van der Waals surface area (Å²) in [5.74, 6) is -1.06. The van der Waals surface area contributed by atoms with Gasteiger partial charge in [0.25, 0.3) is 0 Å². The largest absolute Gasteiger partial charge is 0.478 e. The van der Waals surface area contributed by atoms with Crippen LogP contribution < -0.4 is 5.32 Å². The summed E-state index contributed by atoms with van der Waals surface area (Å²) in [6.45, 7) is 6.37. The highest BCUT2D eigenvalue weighted by atomic mass is 16.6. The van der Waals surface area contributed by atoms with E-state index in [9.17, 15) is 9.59 Å². The molecule has 1 unspecified atom stereocenters. The molecule has 0 aliphatic rings. The fourth-order valence-electron chi connectivity index (χ4n) is 1.89. The number of carboxylic acids is 1. The molecule has 120 valence electrons. The number of carboxylic acid groups (broad SMARTS) is 1. The van der Waals surface area contributed by atoms with Gasteiger partial charge in [0.05, 0.1) is 0 Å². The molecule has 0 radical (unpaired) electrons. The van der Waals surface area contributed by atoms with Crippen molar-refractivity contribution in [3.05, 3.63) is 48.0 Å². The Morgan fingerprint density at radius 3 is 2.45 bits per heavy atom. The summed E-state index contributed by atoms with van der Waals surface area (Å²) in [7, 11) is 0. The van der Waals surface area contributed by atoms with Gasteiger partial charge >= 0.3 is 12.1 Å². The molecule has 2 N–H and O–H groups in total. The monoisotopic (exact) mass is 305 g/mol. The van der Waals surface area contributed by atoms with Crippen LogP contribution in [0.15, 0.2) is 42.5 Å². The first-order chi connectivity index (χ1) is 10.3. The van der Waals surface area contributed by atoms with Crippen molar-refractivity contribution in [3.63, 3.8) is 0 Å². The first-order valence-corrected chi connectivity index (χ1v) is 7.16. The van der Waals surface area contributed by atoms with Gasteiger partial charge in [-0.05, 0) is 23.5 Å². The first-order valence-electron chi connectivity index (χ1n) is 7.16. The van der Waals surface area contributed by atoms with Crippen LogP contribution in [0, 0.1) is 5.41 Å². The number of carbonyl (C=O) groups is 2. The molecule has 1 aromatic carbocycles. The zero-order valence-electron chi connectivity index (χ0n) is 13.2. The Bertz CT molecular complexity index is 517. The lowest BCUT2D eigenvalue weighted by Gasteiger charge is -2.23. The Balaban J connectivity index is 2.56. The summed E-state index contributed by atoms with van der Waals surface area (Å²) >= 11 is 0. The molecule has 1 aromatic rings. The number of nitrogens with one attached hydrogen (secondary N) is 1. The van der Waals surface area contributed by atoms with Crippen LogP contribution in [0.5, 0.6) is 0 Å². The summed E-state index contributed by atoms with van der Waals surface area (Å²) in [6, 6.07) is 9.48. The molecule has 5 heteroatoms. The van der Waals surface area contributed by atoms with E-state index in [2.05, 4.69) is 5.32 Å². The van der Waals surface area contributed by atoms with Crippen molar-refractivity contribution >= 4 is 12.1 Å². The van der Waals surface area contributed by atoms with Crippen LogP contribution in [0.4, 0.5) is 4.79 Å². The van der Waals surface area contributed by atoms with Gasteiger partial charge in [-0.2, -0.15) is 0 Å². The van der Waals surface area contributed by atoms with Gasteiger partial charge in [0.15, 0.2) is 0 Å². The Morgan fingerprint density at radius 1 is 1.27 bits per heavy atom. The third kappa shape index (κ3) is 8.09. The molecule has 5 nitrogen and oxygen atoms in total. The smallest absolute Gasteiger partial charge is 0.407 e. The molecular formula is C17H23NO4. The Labute approximate surface area is 131 Å². The molecule has 0 aromatic heterocycles. The van der Waals surface area contributed by atoms with Crippen LogP contribution in [0.3, 0.4) is 0 Å². The van der Waals surface area contributed by atoms with E-state index in [0.717, 1.165) is 11.6 Å². The zero-order chi connectivity index (χ0) is 16.6. The summed E-state index contributed by atoms with van der Waals surface area (Å²) < 4.78 is 5.30. The van der Waals surface area contributed by atoms with Gasteiger partial charge < -0.3 is 15.2 Å². The normalized spacial score (nSPS) is 12.9. The second-order valence-electron chi connectivity index (χ2n) is 6.25. The van der Waals surface area contributed by atoms with Crippen LogP contribution >= 0.6 is 0 Å². The minimum atomic E-state index is -1.06. The maximum atomic E-state index is 11.8. The van der Waals surface area contributed by atoms with Crippen molar-refractivity contribution in [2.75, 3.05) is 0 Å². The summed E-state index contributed by atoms with van der Waals surface area (Å²) in [5.41, 5.74) is 0.876. The number of ether oxygens (including phenoxy) is 1. The van der Waals surface area contributed by atoms with E-state index in [1.165, 1.54) is 6.08 Å². The molecule has 0 saturated carbocycles. The van der Waals surface area contributed by atoms with Crippen LogP contribution in [-0.2, 0) is 16.1 Å². The van der Waals surface area contributed by atoms with Crippen molar-refractivity contribution in [1.29, 1.82) is 0 Å². The fraction of sp³-hybridized carbons (Fsp3) is 0.412. The van der Waals surface area contributed by atoms with Crippen LogP contribution in [0.2, 0.25) is 0 Å². The summed E-state index contributed by atoms with van der Waals surface area (Å²) in [5, 5.41) is 11.4. The number of amides is 1. The molecule has 22 heavy (non-hydrogen) atoms. The van der Waals surface area contributed by atoms with Crippen LogP contribution in [-0.4, -0.2) is 23.3 Å². The maximum Gasteiger partial charge on any atom is 0.407 e. The fourth-order valence-corrected chi connectivity index (χ4v) is 1.89. The molecule has 1 atom stereocenters. The highest BCUT2D eigenvalue weighted by molar-refractivity contribution is 5.79. The first kappa shape index (κ1) is 17.8. The lowest BCUT2D eigenvalue weighted by molar-refractivity contribution is -0.131. The quantitative estimate of drug-likeness (QED) is 0.790. The van der Waals surface area contributed by atoms with E-state index < -0.39 is 18.2 Å². The summed E-state index contributed by atoms with van der Waals surface area (Å²) in [6.07, 6.45) is 1.80. The molecule has 0 aliphatic carbocycles. The van der Waals surface area contributed by atoms with E-state index in [1.807, 2.05) is 51.1 Å². The molecule has 0 saturated heterocycles. The van der Waals surface area contributed by atoms with Crippen molar-refractivity contribution in [2.24, 2.45) is 5.41 Å². The second kappa shape index (κ2) is 8.22. The van der Waals surface area contributed by atoms with E-state index in [4.69, 9.17) is 9.84 Å². The number of aliphatic carboxylic acids is 1. The lowest BCUT2D eigenvalue weighted by Crippen LogP contribution is -2.30. The van der Waals surface area contributed by atoms with Crippen LogP contribution in [0.1, 0.15) is 32.8 Å². The number of alkyl carbamates (subject to hydrolysis) is 1. The average molecular weight is 305 g/mol. The predicted octanol–water partition coefficient (Wildman–Crippen LogP) is 3.36. The van der Waals surface area contributed by atoms with Crippen LogP contribution in [0.25, 0.3) is 0 Å². The third-order valence-electron chi connectivity index (χ3n) is 2.81. The topological polar surface area (TPSA) is 75.6 Å². The molecule has 0 aliphatic heterocycles. The third-order valence-corrected chi connectivity index (χ3v) is 2.81. The second-order valence-corrected chi connectivity index (χ2v) is 6.25. The Kier molecular flexibility index (Phi) is 6.63. The van der Waals surface area contributed by atoms with Gasteiger partial charge in [0.2, 0.25) is 0 Å². The maximum absolute atomic E-state index is 11.8. The number of rotatable bonds is 6. The average Bonchev–Trinajstić information content (AvgIpc) is 2.42. The Hall–Kier alpha value is -2.30. The molecule has 0 bridgehead atoms. The van der Waals surface area contributed by atoms with Gasteiger partial charge in [0, 0.05) is 12.6 Å². The number of benzene rings is 1. The van der Waals surface area contributed by atoms with E-state index in [1.54, 1.807) is 0 Å². The van der Waals surface area contributed by atoms with Gasteiger partial charge in [-0.3, -0.25) is 0 Å². The number of hydrogen-bond donors (Lipinski definition) is 2. The molecule has 0 fully saturated rings. The van der Waals surface area contributed by atoms with Gasteiger partial charge in [0.1, 0.15) is 6.10 Å². The Morgan fingerprint density at radius 2 is 1.91 bits per heavy atom. The van der Waals surface area contributed by atoms with Gasteiger partial charge in [-0.15, -0.1) is 0 Å². The van der Waals surface area contributed by atoms with Gasteiger partial charge in [-0.1, -0.05) is 51.1 Å². The predicted molar refractivity (Wildman–Crippen MR) is 84.4 cm³/mol. The van der Waals surface area contributed by atoms with E-state index >= 15 is 0 Å². The molecule has 0 spiro atoms.